The van der Waals surface area contributed by atoms with Crippen LogP contribution in [0.25, 0.3) is 0 Å². The van der Waals surface area contributed by atoms with Crippen LogP contribution in [0.1, 0.15) is 40.0 Å². The molecule has 1 aliphatic rings. The minimum Gasteiger partial charge on any atom is -0.479 e. The van der Waals surface area contributed by atoms with Crippen LogP contribution < -0.4 is 5.32 Å². The fourth-order valence-electron chi connectivity index (χ4n) is 2.63. The second kappa shape index (κ2) is 5.88. The zero-order valence-corrected chi connectivity index (χ0v) is 11.6. The zero-order chi connectivity index (χ0) is 14.8. The van der Waals surface area contributed by atoms with Crippen molar-refractivity contribution in [1.29, 1.82) is 0 Å². The number of carboxylic acid groups (broad SMARTS) is 1. The SMILES string of the molecule is CCCC[C@H]1C(=O)N[C@](C(=O)O)([C@@H](O)C(C)C)[C@H]1O. The maximum absolute atomic E-state index is 11.9. The summed E-state index contributed by atoms with van der Waals surface area (Å²) in [5.41, 5.74) is -2.00. The fraction of sp³-hybridized carbons (Fsp3) is 0.846. The van der Waals surface area contributed by atoms with Crippen molar-refractivity contribution >= 4 is 11.9 Å². The molecule has 19 heavy (non-hydrogen) atoms. The van der Waals surface area contributed by atoms with Gasteiger partial charge in [-0.05, 0) is 12.3 Å². The van der Waals surface area contributed by atoms with Gasteiger partial charge in [0.15, 0.2) is 5.54 Å². The molecule has 6 heteroatoms. The van der Waals surface area contributed by atoms with Crippen molar-refractivity contribution in [2.45, 2.75) is 57.8 Å². The van der Waals surface area contributed by atoms with Crippen LogP contribution in [0.5, 0.6) is 0 Å². The van der Waals surface area contributed by atoms with Gasteiger partial charge >= 0.3 is 5.97 Å². The maximum Gasteiger partial charge on any atom is 0.334 e. The fourth-order valence-corrected chi connectivity index (χ4v) is 2.63. The minimum absolute atomic E-state index is 0.393. The largest absolute Gasteiger partial charge is 0.479 e. The average molecular weight is 273 g/mol. The summed E-state index contributed by atoms with van der Waals surface area (Å²) in [6.45, 7) is 5.24. The molecule has 1 saturated heterocycles. The molecule has 1 aliphatic heterocycles. The first kappa shape index (κ1) is 15.9. The Morgan fingerprint density at radius 1 is 1.47 bits per heavy atom. The van der Waals surface area contributed by atoms with Gasteiger partial charge in [-0.15, -0.1) is 0 Å². The molecule has 6 nitrogen and oxygen atoms in total. The average Bonchev–Trinajstić information content (AvgIpc) is 2.59. The van der Waals surface area contributed by atoms with Crippen molar-refractivity contribution in [3.63, 3.8) is 0 Å². The number of carboxylic acids is 1. The van der Waals surface area contributed by atoms with E-state index in [9.17, 15) is 24.9 Å². The molecule has 0 aromatic carbocycles. The van der Waals surface area contributed by atoms with Crippen molar-refractivity contribution in [1.82, 2.24) is 5.32 Å². The number of aliphatic carboxylic acids is 1. The van der Waals surface area contributed by atoms with E-state index in [1.165, 1.54) is 0 Å². The first-order valence-corrected chi connectivity index (χ1v) is 6.70. The summed E-state index contributed by atoms with van der Waals surface area (Å²) < 4.78 is 0. The van der Waals surface area contributed by atoms with E-state index in [-0.39, 0.29) is 0 Å². The van der Waals surface area contributed by atoms with E-state index in [2.05, 4.69) is 5.32 Å². The van der Waals surface area contributed by atoms with Gasteiger partial charge in [0.2, 0.25) is 5.91 Å². The van der Waals surface area contributed by atoms with E-state index < -0.39 is 41.5 Å². The molecule has 1 rings (SSSR count). The van der Waals surface area contributed by atoms with Crippen LogP contribution >= 0.6 is 0 Å². The van der Waals surface area contributed by atoms with Gasteiger partial charge in [-0.2, -0.15) is 0 Å². The van der Waals surface area contributed by atoms with Crippen LogP contribution in [0, 0.1) is 11.8 Å². The molecule has 4 N–H and O–H groups in total. The second-order valence-corrected chi connectivity index (χ2v) is 5.55. The molecular formula is C13H23NO5. The number of rotatable bonds is 6. The van der Waals surface area contributed by atoms with Gasteiger partial charge in [-0.1, -0.05) is 33.6 Å². The number of carbonyl (C=O) groups is 2. The molecule has 1 amide bonds. The van der Waals surface area contributed by atoms with Crippen molar-refractivity contribution in [3.05, 3.63) is 0 Å². The van der Waals surface area contributed by atoms with Crippen LogP contribution in [-0.2, 0) is 9.59 Å². The first-order valence-electron chi connectivity index (χ1n) is 6.70. The van der Waals surface area contributed by atoms with Gasteiger partial charge < -0.3 is 20.6 Å². The number of unbranched alkanes of at least 4 members (excludes halogenated alkanes) is 1. The van der Waals surface area contributed by atoms with Crippen LogP contribution in [-0.4, -0.2) is 44.9 Å². The van der Waals surface area contributed by atoms with Gasteiger partial charge in [0, 0.05) is 0 Å². The lowest BCUT2D eigenvalue weighted by Crippen LogP contribution is -2.65. The van der Waals surface area contributed by atoms with E-state index in [0.717, 1.165) is 12.8 Å². The summed E-state index contributed by atoms with van der Waals surface area (Å²) in [5, 5.41) is 32.1. The Kier molecular flexibility index (Phi) is 4.92. The van der Waals surface area contributed by atoms with Gasteiger partial charge in [-0.25, -0.2) is 4.79 Å². The Morgan fingerprint density at radius 3 is 2.47 bits per heavy atom. The van der Waals surface area contributed by atoms with Crippen LogP contribution in [0.3, 0.4) is 0 Å². The Balaban J connectivity index is 3.07. The van der Waals surface area contributed by atoms with E-state index in [0.29, 0.717) is 6.42 Å². The number of aliphatic hydroxyl groups is 2. The quantitative estimate of drug-likeness (QED) is 0.550. The predicted octanol–water partition coefficient (Wildman–Crippen LogP) is 0.124. The smallest absolute Gasteiger partial charge is 0.334 e. The molecule has 0 aromatic heterocycles. The highest BCUT2D eigenvalue weighted by atomic mass is 16.4. The lowest BCUT2D eigenvalue weighted by molar-refractivity contribution is -0.159. The standard InChI is InChI=1S/C13H23NO5/c1-4-5-6-8-10(16)13(12(18)19,14-11(8)17)9(15)7(2)3/h7-10,15-16H,4-6H2,1-3H3,(H,14,17)(H,18,19)/t8-,9+,10+,13-/m1/s1. The Bertz CT molecular complexity index is 357. The summed E-state index contributed by atoms with van der Waals surface area (Å²) in [6, 6.07) is 0. The van der Waals surface area contributed by atoms with Gasteiger partial charge in [0.25, 0.3) is 0 Å². The lowest BCUT2D eigenvalue weighted by atomic mass is 9.78. The molecule has 0 saturated carbocycles. The molecular weight excluding hydrogens is 250 g/mol. The molecule has 0 radical (unpaired) electrons. The molecule has 1 fully saturated rings. The molecule has 4 atom stereocenters. The van der Waals surface area contributed by atoms with Crippen LogP contribution in [0.15, 0.2) is 0 Å². The normalized spacial score (nSPS) is 32.4. The first-order chi connectivity index (χ1) is 8.78. The zero-order valence-electron chi connectivity index (χ0n) is 11.6. The highest BCUT2D eigenvalue weighted by molar-refractivity contribution is 5.94. The monoisotopic (exact) mass is 273 g/mol. The molecule has 110 valence electrons. The van der Waals surface area contributed by atoms with Crippen molar-refractivity contribution in [2.24, 2.45) is 11.8 Å². The molecule has 0 spiro atoms. The Labute approximate surface area is 112 Å². The lowest BCUT2D eigenvalue weighted by Gasteiger charge is -2.35. The third-order valence-electron chi connectivity index (χ3n) is 3.84. The van der Waals surface area contributed by atoms with Crippen molar-refractivity contribution in [3.8, 4) is 0 Å². The summed E-state index contributed by atoms with van der Waals surface area (Å²) in [6.07, 6.45) is -0.757. The van der Waals surface area contributed by atoms with Crippen molar-refractivity contribution < 1.29 is 24.9 Å². The van der Waals surface area contributed by atoms with Gasteiger partial charge in [0.05, 0.1) is 12.0 Å². The van der Waals surface area contributed by atoms with E-state index in [4.69, 9.17) is 0 Å². The number of hydrogen-bond acceptors (Lipinski definition) is 4. The number of nitrogens with one attached hydrogen (secondary N) is 1. The molecule has 0 aliphatic carbocycles. The highest BCUT2D eigenvalue weighted by Gasteiger charge is 2.61. The van der Waals surface area contributed by atoms with Crippen LogP contribution in [0.4, 0.5) is 0 Å². The second-order valence-electron chi connectivity index (χ2n) is 5.55. The summed E-state index contributed by atoms with van der Waals surface area (Å²) in [4.78, 5) is 23.4. The predicted molar refractivity (Wildman–Crippen MR) is 68.4 cm³/mol. The van der Waals surface area contributed by atoms with Gasteiger partial charge in [0.1, 0.15) is 6.10 Å². The third-order valence-corrected chi connectivity index (χ3v) is 3.84. The molecule has 1 heterocycles. The Hall–Kier alpha value is -1.14. The maximum atomic E-state index is 11.9. The van der Waals surface area contributed by atoms with E-state index in [1.807, 2.05) is 6.92 Å². The summed E-state index contributed by atoms with van der Waals surface area (Å²) >= 11 is 0. The van der Waals surface area contributed by atoms with Gasteiger partial charge in [-0.3, -0.25) is 4.79 Å². The molecule has 0 unspecified atom stereocenters. The number of hydrogen-bond donors (Lipinski definition) is 4. The van der Waals surface area contributed by atoms with Crippen LogP contribution in [0.2, 0.25) is 0 Å². The number of aliphatic hydroxyl groups excluding tert-OH is 2. The van der Waals surface area contributed by atoms with E-state index in [1.54, 1.807) is 13.8 Å². The molecule has 0 aromatic rings. The number of amides is 1. The highest BCUT2D eigenvalue weighted by Crippen LogP contribution is 2.34. The molecule has 0 bridgehead atoms. The third kappa shape index (κ3) is 2.60. The van der Waals surface area contributed by atoms with E-state index >= 15 is 0 Å². The summed E-state index contributed by atoms with van der Waals surface area (Å²) in [5.74, 6) is -3.06. The topological polar surface area (TPSA) is 107 Å². The minimum atomic E-state index is -2.00. The number of carbonyl (C=O) groups excluding carboxylic acids is 1. The Morgan fingerprint density at radius 2 is 2.05 bits per heavy atom. The van der Waals surface area contributed by atoms with Crippen molar-refractivity contribution in [2.75, 3.05) is 0 Å². The summed E-state index contributed by atoms with van der Waals surface area (Å²) in [7, 11) is 0.